The number of nitrogens with one attached hydrogen (secondary N) is 1. The topological polar surface area (TPSA) is 64.0 Å². The lowest BCUT2D eigenvalue weighted by Crippen LogP contribution is -2.26. The lowest BCUT2D eigenvalue weighted by atomic mass is 10.2. The number of carbonyl (C=O) groups is 1. The zero-order valence-electron chi connectivity index (χ0n) is 11.8. The van der Waals surface area contributed by atoms with Crippen LogP contribution in [0.2, 0.25) is 0 Å². The normalized spacial score (nSPS) is 10.5. The molecule has 1 amide bonds. The highest BCUT2D eigenvalue weighted by molar-refractivity contribution is 7.99. The van der Waals surface area contributed by atoms with Gasteiger partial charge in [-0.2, -0.15) is 0 Å². The van der Waals surface area contributed by atoms with Gasteiger partial charge in [0.05, 0.1) is 16.7 Å². The van der Waals surface area contributed by atoms with Crippen LogP contribution in [0.3, 0.4) is 0 Å². The van der Waals surface area contributed by atoms with Gasteiger partial charge in [0.15, 0.2) is 5.16 Å². The van der Waals surface area contributed by atoms with E-state index in [0.29, 0.717) is 29.1 Å². The Morgan fingerprint density at radius 2 is 2.24 bits per heavy atom. The van der Waals surface area contributed by atoms with Gasteiger partial charge in [0.1, 0.15) is 0 Å². The third kappa shape index (κ3) is 3.52. The van der Waals surface area contributed by atoms with Crippen molar-refractivity contribution in [2.45, 2.75) is 18.6 Å². The van der Waals surface area contributed by atoms with Crippen molar-refractivity contribution in [1.82, 2.24) is 14.9 Å². The predicted molar refractivity (Wildman–Crippen MR) is 85.6 cm³/mol. The SMILES string of the molecule is C=CCNC(=O)CSc1nc2ccccc2c(=O)n1CC. The second-order valence-corrected chi connectivity index (χ2v) is 5.28. The number of hydrogen-bond acceptors (Lipinski definition) is 4. The summed E-state index contributed by atoms with van der Waals surface area (Å²) in [5.41, 5.74) is 0.582. The molecule has 0 unspecified atom stereocenters. The summed E-state index contributed by atoms with van der Waals surface area (Å²) in [7, 11) is 0. The number of amides is 1. The van der Waals surface area contributed by atoms with Crippen molar-refractivity contribution < 1.29 is 4.79 Å². The summed E-state index contributed by atoms with van der Waals surface area (Å²) in [4.78, 5) is 28.5. The van der Waals surface area contributed by atoms with Crippen LogP contribution in [0.15, 0.2) is 46.9 Å². The number of fused-ring (bicyclic) bond motifs is 1. The molecule has 0 aliphatic carbocycles. The third-order valence-corrected chi connectivity index (χ3v) is 3.90. The average Bonchev–Trinajstić information content (AvgIpc) is 2.51. The van der Waals surface area contributed by atoms with E-state index in [2.05, 4.69) is 16.9 Å². The molecule has 1 heterocycles. The fourth-order valence-electron chi connectivity index (χ4n) is 1.90. The number of nitrogens with zero attached hydrogens (tertiary/aromatic N) is 2. The van der Waals surface area contributed by atoms with Crippen LogP contribution in [0.4, 0.5) is 0 Å². The van der Waals surface area contributed by atoms with Gasteiger partial charge in [-0.05, 0) is 19.1 Å². The summed E-state index contributed by atoms with van der Waals surface area (Å²) in [5.74, 6) is 0.114. The van der Waals surface area contributed by atoms with E-state index in [4.69, 9.17) is 0 Å². The molecule has 2 rings (SSSR count). The minimum Gasteiger partial charge on any atom is -0.352 e. The summed E-state index contributed by atoms with van der Waals surface area (Å²) >= 11 is 1.26. The van der Waals surface area contributed by atoms with Gasteiger partial charge in [0.2, 0.25) is 5.91 Å². The van der Waals surface area contributed by atoms with Gasteiger partial charge >= 0.3 is 0 Å². The van der Waals surface area contributed by atoms with Crippen LogP contribution in [-0.4, -0.2) is 27.8 Å². The number of benzene rings is 1. The molecule has 0 saturated heterocycles. The van der Waals surface area contributed by atoms with Crippen LogP contribution in [0.1, 0.15) is 6.92 Å². The number of aromatic nitrogens is 2. The maximum absolute atomic E-state index is 12.4. The molecule has 1 aromatic carbocycles. The zero-order chi connectivity index (χ0) is 15.2. The van der Waals surface area contributed by atoms with Gasteiger partial charge in [-0.1, -0.05) is 30.0 Å². The van der Waals surface area contributed by atoms with E-state index >= 15 is 0 Å². The van der Waals surface area contributed by atoms with Gasteiger partial charge < -0.3 is 5.32 Å². The molecule has 6 heteroatoms. The van der Waals surface area contributed by atoms with Gasteiger partial charge in [-0.15, -0.1) is 6.58 Å². The maximum Gasteiger partial charge on any atom is 0.262 e. The largest absolute Gasteiger partial charge is 0.352 e. The first-order valence-corrected chi connectivity index (χ1v) is 7.66. The highest BCUT2D eigenvalue weighted by Crippen LogP contribution is 2.17. The molecule has 1 N–H and O–H groups in total. The molecule has 0 fully saturated rings. The molecule has 21 heavy (non-hydrogen) atoms. The smallest absolute Gasteiger partial charge is 0.262 e. The average molecular weight is 303 g/mol. The first kappa shape index (κ1) is 15.3. The molecular weight excluding hydrogens is 286 g/mol. The predicted octanol–water partition coefficient (Wildman–Crippen LogP) is 1.81. The number of rotatable bonds is 6. The van der Waals surface area contributed by atoms with Crippen LogP contribution in [0.5, 0.6) is 0 Å². The molecule has 0 bridgehead atoms. The van der Waals surface area contributed by atoms with E-state index in [0.717, 1.165) is 0 Å². The number of thioether (sulfide) groups is 1. The molecule has 0 radical (unpaired) electrons. The number of para-hydroxylation sites is 1. The molecule has 1 aromatic heterocycles. The second-order valence-electron chi connectivity index (χ2n) is 4.34. The molecular formula is C15H17N3O2S. The number of hydrogen-bond donors (Lipinski definition) is 1. The fourth-order valence-corrected chi connectivity index (χ4v) is 2.80. The Kier molecular flexibility index (Phi) is 5.16. The lowest BCUT2D eigenvalue weighted by molar-refractivity contribution is -0.118. The Morgan fingerprint density at radius 3 is 2.95 bits per heavy atom. The van der Waals surface area contributed by atoms with Crippen molar-refractivity contribution in [3.8, 4) is 0 Å². The molecule has 0 atom stereocenters. The Balaban J connectivity index is 2.28. The summed E-state index contributed by atoms with van der Waals surface area (Å²) < 4.78 is 1.59. The van der Waals surface area contributed by atoms with E-state index in [9.17, 15) is 9.59 Å². The molecule has 0 spiro atoms. The monoisotopic (exact) mass is 303 g/mol. The summed E-state index contributed by atoms with van der Waals surface area (Å²) in [6, 6.07) is 7.23. The van der Waals surface area contributed by atoms with Crippen molar-refractivity contribution in [2.24, 2.45) is 0 Å². The Hall–Kier alpha value is -2.08. The Bertz CT molecular complexity index is 724. The van der Waals surface area contributed by atoms with Gasteiger partial charge in [-0.25, -0.2) is 4.98 Å². The molecule has 5 nitrogen and oxygen atoms in total. The Morgan fingerprint density at radius 1 is 1.48 bits per heavy atom. The maximum atomic E-state index is 12.4. The number of carbonyl (C=O) groups excluding carboxylic acids is 1. The van der Waals surface area contributed by atoms with E-state index in [-0.39, 0.29) is 17.2 Å². The lowest BCUT2D eigenvalue weighted by Gasteiger charge is -2.10. The van der Waals surface area contributed by atoms with Gasteiger partial charge in [0.25, 0.3) is 5.56 Å². The van der Waals surface area contributed by atoms with Crippen molar-refractivity contribution >= 4 is 28.6 Å². The third-order valence-electron chi connectivity index (χ3n) is 2.92. The van der Waals surface area contributed by atoms with E-state index < -0.39 is 0 Å². The highest BCUT2D eigenvalue weighted by Gasteiger charge is 2.11. The van der Waals surface area contributed by atoms with Crippen LogP contribution in [0.25, 0.3) is 10.9 Å². The van der Waals surface area contributed by atoms with Crippen molar-refractivity contribution in [3.63, 3.8) is 0 Å². The minimum absolute atomic E-state index is 0.0721. The zero-order valence-corrected chi connectivity index (χ0v) is 12.7. The Labute approximate surface area is 127 Å². The molecule has 0 aliphatic rings. The van der Waals surface area contributed by atoms with E-state index in [1.165, 1.54) is 11.8 Å². The minimum atomic E-state index is -0.107. The summed E-state index contributed by atoms with van der Waals surface area (Å²) in [5, 5.41) is 3.86. The summed E-state index contributed by atoms with van der Waals surface area (Å²) in [6.45, 7) is 6.39. The van der Waals surface area contributed by atoms with Gasteiger partial charge in [-0.3, -0.25) is 14.2 Å². The molecule has 0 aliphatic heterocycles. The van der Waals surface area contributed by atoms with Crippen molar-refractivity contribution in [3.05, 3.63) is 47.3 Å². The van der Waals surface area contributed by atoms with Crippen LogP contribution < -0.4 is 10.9 Å². The van der Waals surface area contributed by atoms with Crippen LogP contribution >= 0.6 is 11.8 Å². The molecule has 110 valence electrons. The first-order chi connectivity index (χ1) is 10.2. The standard InChI is InChI=1S/C15H17N3O2S/c1-3-9-16-13(19)10-21-15-17-12-8-6-5-7-11(12)14(20)18(15)4-2/h3,5-8H,1,4,9-10H2,2H3,(H,16,19). The van der Waals surface area contributed by atoms with Crippen LogP contribution in [-0.2, 0) is 11.3 Å². The van der Waals surface area contributed by atoms with Crippen molar-refractivity contribution in [1.29, 1.82) is 0 Å². The van der Waals surface area contributed by atoms with Crippen LogP contribution in [0, 0.1) is 0 Å². The second kappa shape index (κ2) is 7.08. The van der Waals surface area contributed by atoms with E-state index in [1.807, 2.05) is 19.1 Å². The fraction of sp³-hybridized carbons (Fsp3) is 0.267. The summed E-state index contributed by atoms with van der Waals surface area (Å²) in [6.07, 6.45) is 1.62. The quantitative estimate of drug-likeness (QED) is 0.502. The first-order valence-electron chi connectivity index (χ1n) is 6.67. The van der Waals surface area contributed by atoms with E-state index in [1.54, 1.807) is 22.8 Å². The molecule has 2 aromatic rings. The highest BCUT2D eigenvalue weighted by atomic mass is 32.2. The molecule has 0 saturated carbocycles. The van der Waals surface area contributed by atoms with Crippen molar-refractivity contribution in [2.75, 3.05) is 12.3 Å². The van der Waals surface area contributed by atoms with Gasteiger partial charge in [0, 0.05) is 13.1 Å².